The van der Waals surface area contributed by atoms with Crippen LogP contribution < -0.4 is 5.32 Å². The molecule has 1 saturated carbocycles. The average Bonchev–Trinajstić information content (AvgIpc) is 2.99. The first-order chi connectivity index (χ1) is 10.8. The summed E-state index contributed by atoms with van der Waals surface area (Å²) in [5.41, 5.74) is 0. The number of thiophene rings is 1. The van der Waals surface area contributed by atoms with Crippen molar-refractivity contribution >= 4 is 27.4 Å². The van der Waals surface area contributed by atoms with Crippen LogP contribution in [0.1, 0.15) is 43.9 Å². The van der Waals surface area contributed by atoms with Crippen LogP contribution in [-0.2, 0) is 6.42 Å². The molecule has 2 aromatic heterocycles. The summed E-state index contributed by atoms with van der Waals surface area (Å²) in [6.45, 7) is 4.20. The number of nitrogens with zero attached hydrogens (tertiary/aromatic N) is 3. The molecule has 0 amide bonds. The minimum Gasteiger partial charge on any atom is -0.368 e. The van der Waals surface area contributed by atoms with E-state index in [-0.39, 0.29) is 0 Å². The number of anilines is 1. The van der Waals surface area contributed by atoms with Gasteiger partial charge in [-0.3, -0.25) is 0 Å². The van der Waals surface area contributed by atoms with Gasteiger partial charge in [-0.15, -0.1) is 11.3 Å². The Balaban J connectivity index is 1.58. The normalized spacial score (nSPS) is 16.5. The second kappa shape index (κ2) is 7.38. The van der Waals surface area contributed by atoms with Crippen molar-refractivity contribution in [1.82, 2.24) is 14.9 Å². The molecule has 5 heteroatoms. The fourth-order valence-electron chi connectivity index (χ4n) is 3.28. The number of likely N-dealkylation sites (N-methyl/N-ethyl adjacent to an activating group) is 1. The fourth-order valence-corrected chi connectivity index (χ4v) is 4.21. The minimum absolute atomic E-state index is 0.772. The van der Waals surface area contributed by atoms with Gasteiger partial charge < -0.3 is 10.2 Å². The summed E-state index contributed by atoms with van der Waals surface area (Å²) in [6, 6.07) is 3.00. The van der Waals surface area contributed by atoms with E-state index in [1.165, 1.54) is 42.4 Å². The van der Waals surface area contributed by atoms with Crippen LogP contribution in [0.5, 0.6) is 0 Å². The second-order valence-corrected chi connectivity index (χ2v) is 7.32. The van der Waals surface area contributed by atoms with Crippen LogP contribution in [0.4, 0.5) is 5.82 Å². The van der Waals surface area contributed by atoms with Gasteiger partial charge in [0.15, 0.2) is 0 Å². The molecule has 0 aliphatic heterocycles. The molecule has 0 spiro atoms. The van der Waals surface area contributed by atoms with E-state index >= 15 is 0 Å². The maximum absolute atomic E-state index is 4.43. The van der Waals surface area contributed by atoms with E-state index < -0.39 is 0 Å². The van der Waals surface area contributed by atoms with Crippen LogP contribution in [0.15, 0.2) is 12.4 Å². The number of rotatable bonds is 6. The van der Waals surface area contributed by atoms with Gasteiger partial charge in [0, 0.05) is 24.0 Å². The maximum atomic E-state index is 4.43. The first kappa shape index (κ1) is 15.7. The van der Waals surface area contributed by atoms with E-state index in [0.29, 0.717) is 0 Å². The quantitative estimate of drug-likeness (QED) is 0.876. The number of hydrogen-bond acceptors (Lipinski definition) is 5. The van der Waals surface area contributed by atoms with Gasteiger partial charge in [-0.2, -0.15) is 0 Å². The second-order valence-electron chi connectivity index (χ2n) is 6.21. The Morgan fingerprint density at radius 3 is 2.86 bits per heavy atom. The van der Waals surface area contributed by atoms with Crippen molar-refractivity contribution in [1.29, 1.82) is 0 Å². The lowest BCUT2D eigenvalue weighted by atomic mass is 9.94. The fraction of sp³-hybridized carbons (Fsp3) is 0.647. The molecule has 0 atom stereocenters. The van der Waals surface area contributed by atoms with Gasteiger partial charge in [-0.05, 0) is 32.4 Å². The van der Waals surface area contributed by atoms with Crippen molar-refractivity contribution in [3.05, 3.63) is 17.3 Å². The van der Waals surface area contributed by atoms with Crippen molar-refractivity contribution in [2.24, 2.45) is 0 Å². The number of aryl methyl sites for hydroxylation is 1. The van der Waals surface area contributed by atoms with E-state index in [9.17, 15) is 0 Å². The van der Waals surface area contributed by atoms with Crippen LogP contribution in [0.2, 0.25) is 0 Å². The molecule has 0 radical (unpaired) electrons. The molecular formula is C17H26N4S. The van der Waals surface area contributed by atoms with Crippen LogP contribution in [0, 0.1) is 0 Å². The summed E-state index contributed by atoms with van der Waals surface area (Å²) >= 11 is 1.77. The van der Waals surface area contributed by atoms with Crippen molar-refractivity contribution in [3.8, 4) is 0 Å². The molecule has 1 aliphatic rings. The highest BCUT2D eigenvalue weighted by Gasteiger charge is 2.17. The third kappa shape index (κ3) is 3.58. The molecule has 0 bridgehead atoms. The molecule has 22 heavy (non-hydrogen) atoms. The Morgan fingerprint density at radius 2 is 2.09 bits per heavy atom. The third-order valence-corrected chi connectivity index (χ3v) is 5.87. The van der Waals surface area contributed by atoms with E-state index in [1.807, 2.05) is 0 Å². The van der Waals surface area contributed by atoms with Crippen molar-refractivity contribution in [3.63, 3.8) is 0 Å². The zero-order valence-electron chi connectivity index (χ0n) is 13.6. The predicted molar refractivity (Wildman–Crippen MR) is 94.8 cm³/mol. The topological polar surface area (TPSA) is 41.0 Å². The minimum atomic E-state index is 0.772. The Morgan fingerprint density at radius 1 is 1.27 bits per heavy atom. The molecule has 3 rings (SSSR count). The van der Waals surface area contributed by atoms with Crippen LogP contribution >= 0.6 is 11.3 Å². The largest absolute Gasteiger partial charge is 0.368 e. The van der Waals surface area contributed by atoms with E-state index in [0.717, 1.165) is 36.2 Å². The highest BCUT2D eigenvalue weighted by Crippen LogP contribution is 2.28. The predicted octanol–water partition coefficient (Wildman–Crippen LogP) is 3.93. The first-order valence-electron chi connectivity index (χ1n) is 8.45. The van der Waals surface area contributed by atoms with Gasteiger partial charge >= 0.3 is 0 Å². The standard InChI is InChI=1S/C17H26N4S/c1-3-14-11-15-16(19-12-20-17(15)22-14)18-9-10-21(2)13-7-5-4-6-8-13/h11-13H,3-10H2,1-2H3,(H,18,19,20). The van der Waals surface area contributed by atoms with Crippen molar-refractivity contribution in [2.75, 3.05) is 25.5 Å². The Bertz CT molecular complexity index is 604. The lowest BCUT2D eigenvalue weighted by Crippen LogP contribution is -2.36. The van der Waals surface area contributed by atoms with Crippen LogP contribution in [0.3, 0.4) is 0 Å². The molecule has 0 unspecified atom stereocenters. The van der Waals surface area contributed by atoms with Crippen LogP contribution in [0.25, 0.3) is 10.2 Å². The van der Waals surface area contributed by atoms with E-state index in [1.54, 1.807) is 17.7 Å². The Labute approximate surface area is 137 Å². The maximum Gasteiger partial charge on any atom is 0.138 e. The van der Waals surface area contributed by atoms with Gasteiger partial charge in [-0.1, -0.05) is 26.2 Å². The van der Waals surface area contributed by atoms with Gasteiger partial charge in [0.1, 0.15) is 17.0 Å². The summed E-state index contributed by atoms with van der Waals surface area (Å²) in [5.74, 6) is 0.984. The van der Waals surface area contributed by atoms with E-state index in [2.05, 4.69) is 40.2 Å². The molecule has 2 aromatic rings. The molecular weight excluding hydrogens is 292 g/mol. The molecule has 2 heterocycles. The average molecular weight is 318 g/mol. The molecule has 1 fully saturated rings. The Hall–Kier alpha value is -1.20. The van der Waals surface area contributed by atoms with Crippen molar-refractivity contribution in [2.45, 2.75) is 51.5 Å². The van der Waals surface area contributed by atoms with Gasteiger partial charge in [0.05, 0.1) is 5.39 Å². The summed E-state index contributed by atoms with van der Waals surface area (Å²) in [5, 5.41) is 4.68. The molecule has 0 saturated heterocycles. The van der Waals surface area contributed by atoms with Gasteiger partial charge in [0.25, 0.3) is 0 Å². The number of nitrogens with one attached hydrogen (secondary N) is 1. The number of aromatic nitrogens is 2. The summed E-state index contributed by atoms with van der Waals surface area (Å²) in [4.78, 5) is 13.8. The molecule has 0 aromatic carbocycles. The van der Waals surface area contributed by atoms with Gasteiger partial charge in [0.2, 0.25) is 0 Å². The smallest absolute Gasteiger partial charge is 0.138 e. The third-order valence-electron chi connectivity index (χ3n) is 4.68. The SMILES string of the molecule is CCc1cc2c(NCCN(C)C3CCCCC3)ncnc2s1. The molecule has 1 N–H and O–H groups in total. The highest BCUT2D eigenvalue weighted by atomic mass is 32.1. The molecule has 1 aliphatic carbocycles. The lowest BCUT2D eigenvalue weighted by Gasteiger charge is -2.31. The summed E-state index contributed by atoms with van der Waals surface area (Å²) in [6.07, 6.45) is 9.65. The molecule has 120 valence electrons. The van der Waals surface area contributed by atoms with Crippen LogP contribution in [-0.4, -0.2) is 41.0 Å². The summed E-state index contributed by atoms with van der Waals surface area (Å²) in [7, 11) is 2.26. The highest BCUT2D eigenvalue weighted by molar-refractivity contribution is 7.18. The zero-order valence-corrected chi connectivity index (χ0v) is 14.5. The Kier molecular flexibility index (Phi) is 5.26. The number of hydrogen-bond donors (Lipinski definition) is 1. The molecule has 4 nitrogen and oxygen atoms in total. The zero-order chi connectivity index (χ0) is 15.4. The summed E-state index contributed by atoms with van der Waals surface area (Å²) < 4.78 is 0. The van der Waals surface area contributed by atoms with Gasteiger partial charge in [-0.25, -0.2) is 9.97 Å². The van der Waals surface area contributed by atoms with E-state index in [4.69, 9.17) is 0 Å². The monoisotopic (exact) mass is 318 g/mol. The first-order valence-corrected chi connectivity index (χ1v) is 9.27. The van der Waals surface area contributed by atoms with Crippen molar-refractivity contribution < 1.29 is 0 Å². The number of fused-ring (bicyclic) bond motifs is 1. The lowest BCUT2D eigenvalue weighted by molar-refractivity contribution is 0.198.